The smallest absolute Gasteiger partial charge is 0.318 e. The van der Waals surface area contributed by atoms with Crippen molar-refractivity contribution in [1.29, 1.82) is 0 Å². The van der Waals surface area contributed by atoms with Gasteiger partial charge in [0.05, 0.1) is 18.3 Å². The Hall–Kier alpha value is -1.95. The molecule has 0 bridgehead atoms. The lowest BCUT2D eigenvalue weighted by atomic mass is 10.2. The van der Waals surface area contributed by atoms with Gasteiger partial charge in [-0.1, -0.05) is 13.0 Å². The van der Waals surface area contributed by atoms with Crippen LogP contribution in [0.3, 0.4) is 0 Å². The predicted molar refractivity (Wildman–Crippen MR) is 84.1 cm³/mol. The highest BCUT2D eigenvalue weighted by Crippen LogP contribution is 2.15. The Morgan fingerprint density at radius 3 is 2.86 bits per heavy atom. The molecule has 0 radical (unpaired) electrons. The van der Waals surface area contributed by atoms with Crippen molar-refractivity contribution in [2.45, 2.75) is 32.9 Å². The molecule has 112 valence electrons. The zero-order valence-corrected chi connectivity index (χ0v) is 13.4. The van der Waals surface area contributed by atoms with Crippen LogP contribution in [0.15, 0.2) is 30.6 Å². The Morgan fingerprint density at radius 2 is 2.24 bits per heavy atom. The van der Waals surface area contributed by atoms with E-state index in [1.807, 2.05) is 31.3 Å². The second-order valence-corrected chi connectivity index (χ2v) is 6.06. The first-order chi connectivity index (χ1) is 10.1. The van der Waals surface area contributed by atoms with Gasteiger partial charge >= 0.3 is 6.03 Å². The van der Waals surface area contributed by atoms with Gasteiger partial charge in [0.1, 0.15) is 5.01 Å². The number of carbonyl (C=O) groups excluding carboxylic acids is 1. The fraction of sp³-hybridized carbons (Fsp3) is 0.400. The number of aryl methyl sites for hydroxylation is 1. The maximum Gasteiger partial charge on any atom is 0.318 e. The molecule has 0 saturated carbocycles. The topological polar surface area (TPSA) is 58.1 Å². The van der Waals surface area contributed by atoms with E-state index in [1.165, 1.54) is 4.88 Å². The highest BCUT2D eigenvalue weighted by Gasteiger charge is 2.15. The van der Waals surface area contributed by atoms with E-state index in [0.717, 1.165) is 17.1 Å². The molecule has 0 saturated heterocycles. The van der Waals surface area contributed by atoms with Crippen LogP contribution in [-0.2, 0) is 13.0 Å². The summed E-state index contributed by atoms with van der Waals surface area (Å²) in [6.07, 6.45) is 4.58. The van der Waals surface area contributed by atoms with E-state index in [4.69, 9.17) is 0 Å². The van der Waals surface area contributed by atoms with Gasteiger partial charge < -0.3 is 10.2 Å². The summed E-state index contributed by atoms with van der Waals surface area (Å²) in [5.41, 5.74) is 0.849. The van der Waals surface area contributed by atoms with E-state index < -0.39 is 0 Å². The first kappa shape index (κ1) is 15.4. The molecule has 2 amide bonds. The number of hydrogen-bond acceptors (Lipinski definition) is 4. The molecule has 0 aliphatic carbocycles. The largest absolute Gasteiger partial charge is 0.330 e. The molecule has 0 spiro atoms. The zero-order valence-electron chi connectivity index (χ0n) is 12.5. The third-order valence-electron chi connectivity index (χ3n) is 3.14. The molecule has 1 N–H and O–H groups in total. The SMILES string of the molecule is CCc1cnc(CN(C)C(=O)N[C@@H](C)c2ccccn2)s1. The van der Waals surface area contributed by atoms with Crippen LogP contribution in [0.5, 0.6) is 0 Å². The first-order valence-electron chi connectivity index (χ1n) is 6.96. The minimum absolute atomic E-state index is 0.122. The van der Waals surface area contributed by atoms with E-state index in [-0.39, 0.29) is 12.1 Å². The molecule has 5 nitrogen and oxygen atoms in total. The van der Waals surface area contributed by atoms with Crippen LogP contribution in [0.1, 0.15) is 35.5 Å². The van der Waals surface area contributed by atoms with Gasteiger partial charge in [0, 0.05) is 24.3 Å². The van der Waals surface area contributed by atoms with E-state index >= 15 is 0 Å². The minimum Gasteiger partial charge on any atom is -0.330 e. The number of rotatable bonds is 5. The number of carbonyl (C=O) groups is 1. The molecular weight excluding hydrogens is 284 g/mol. The zero-order chi connectivity index (χ0) is 15.2. The summed E-state index contributed by atoms with van der Waals surface area (Å²) < 4.78 is 0. The molecular formula is C15H20N4OS. The van der Waals surface area contributed by atoms with Crippen molar-refractivity contribution in [3.63, 3.8) is 0 Å². The van der Waals surface area contributed by atoms with Crippen LogP contribution in [0.2, 0.25) is 0 Å². The second-order valence-electron chi connectivity index (χ2n) is 4.86. The van der Waals surface area contributed by atoms with Gasteiger partial charge in [-0.3, -0.25) is 4.98 Å². The first-order valence-corrected chi connectivity index (χ1v) is 7.78. The number of nitrogens with zero attached hydrogens (tertiary/aromatic N) is 3. The standard InChI is InChI=1S/C15H20N4OS/c1-4-12-9-17-14(21-12)10-19(3)15(20)18-11(2)13-7-5-6-8-16-13/h5-9,11H,4,10H2,1-3H3,(H,18,20)/t11-/m0/s1. The molecule has 6 heteroatoms. The van der Waals surface area contributed by atoms with Crippen LogP contribution in [0.25, 0.3) is 0 Å². The summed E-state index contributed by atoms with van der Waals surface area (Å²) >= 11 is 1.65. The van der Waals surface area contributed by atoms with Crippen LogP contribution in [0, 0.1) is 0 Å². The minimum atomic E-state index is -0.124. The summed E-state index contributed by atoms with van der Waals surface area (Å²) in [4.78, 5) is 23.6. The lowest BCUT2D eigenvalue weighted by molar-refractivity contribution is 0.203. The Labute approximate surface area is 129 Å². The number of hydrogen-bond donors (Lipinski definition) is 1. The number of amides is 2. The predicted octanol–water partition coefficient (Wildman–Crippen LogP) is 3.00. The lowest BCUT2D eigenvalue weighted by Gasteiger charge is -2.20. The highest BCUT2D eigenvalue weighted by atomic mass is 32.1. The van der Waals surface area contributed by atoms with Crippen LogP contribution < -0.4 is 5.32 Å². The summed E-state index contributed by atoms with van der Waals surface area (Å²) in [5.74, 6) is 0. The van der Waals surface area contributed by atoms with Gasteiger partial charge in [-0.25, -0.2) is 9.78 Å². The average molecular weight is 304 g/mol. The van der Waals surface area contributed by atoms with E-state index in [9.17, 15) is 4.79 Å². The second kappa shape index (κ2) is 7.17. The molecule has 0 aromatic carbocycles. The van der Waals surface area contributed by atoms with Crippen molar-refractivity contribution in [1.82, 2.24) is 20.2 Å². The third kappa shape index (κ3) is 4.26. The van der Waals surface area contributed by atoms with E-state index in [0.29, 0.717) is 6.54 Å². The van der Waals surface area contributed by atoms with Crippen molar-refractivity contribution in [2.75, 3.05) is 7.05 Å². The average Bonchev–Trinajstić information content (AvgIpc) is 2.95. The highest BCUT2D eigenvalue weighted by molar-refractivity contribution is 7.11. The molecule has 0 aliphatic rings. The Kier molecular flexibility index (Phi) is 5.27. The molecule has 2 heterocycles. The van der Waals surface area contributed by atoms with Gasteiger partial charge in [0.2, 0.25) is 0 Å². The molecule has 0 fully saturated rings. The van der Waals surface area contributed by atoms with Gasteiger partial charge in [-0.15, -0.1) is 11.3 Å². The number of nitrogens with one attached hydrogen (secondary N) is 1. The van der Waals surface area contributed by atoms with Crippen LogP contribution in [0.4, 0.5) is 4.79 Å². The number of urea groups is 1. The Morgan fingerprint density at radius 1 is 1.43 bits per heavy atom. The monoisotopic (exact) mass is 304 g/mol. The molecule has 2 aromatic heterocycles. The molecule has 1 atom stereocenters. The lowest BCUT2D eigenvalue weighted by Crippen LogP contribution is -2.38. The quantitative estimate of drug-likeness (QED) is 0.924. The van der Waals surface area contributed by atoms with Crippen LogP contribution >= 0.6 is 11.3 Å². The Bertz CT molecular complexity index is 584. The summed E-state index contributed by atoms with van der Waals surface area (Å²) in [6.45, 7) is 4.54. The van der Waals surface area contributed by atoms with Crippen molar-refractivity contribution in [2.24, 2.45) is 0 Å². The fourth-order valence-electron chi connectivity index (χ4n) is 1.86. The van der Waals surface area contributed by atoms with Crippen LogP contribution in [-0.4, -0.2) is 27.9 Å². The van der Waals surface area contributed by atoms with Crippen molar-refractivity contribution in [3.8, 4) is 0 Å². The van der Waals surface area contributed by atoms with E-state index in [2.05, 4.69) is 22.2 Å². The van der Waals surface area contributed by atoms with Gasteiger partial charge in [0.15, 0.2) is 0 Å². The molecule has 2 aromatic rings. The summed E-state index contributed by atoms with van der Waals surface area (Å²) in [5, 5.41) is 3.89. The molecule has 21 heavy (non-hydrogen) atoms. The fourth-order valence-corrected chi connectivity index (χ4v) is 2.78. The van der Waals surface area contributed by atoms with Gasteiger partial charge in [0.25, 0.3) is 0 Å². The normalized spacial score (nSPS) is 12.0. The Balaban J connectivity index is 1.90. The summed E-state index contributed by atoms with van der Waals surface area (Å²) in [7, 11) is 1.77. The maximum atomic E-state index is 12.2. The third-order valence-corrected chi connectivity index (χ3v) is 4.27. The number of thiazole rings is 1. The van der Waals surface area contributed by atoms with Crippen molar-refractivity contribution >= 4 is 17.4 Å². The summed E-state index contributed by atoms with van der Waals surface area (Å²) in [6, 6.07) is 5.43. The molecule has 2 rings (SSSR count). The van der Waals surface area contributed by atoms with Gasteiger partial charge in [-0.05, 0) is 25.5 Å². The molecule has 0 unspecified atom stereocenters. The van der Waals surface area contributed by atoms with E-state index in [1.54, 1.807) is 29.5 Å². The number of aromatic nitrogens is 2. The van der Waals surface area contributed by atoms with Crippen molar-refractivity contribution < 1.29 is 4.79 Å². The maximum absolute atomic E-state index is 12.2. The van der Waals surface area contributed by atoms with Crippen molar-refractivity contribution in [3.05, 3.63) is 46.2 Å². The molecule has 0 aliphatic heterocycles. The van der Waals surface area contributed by atoms with Gasteiger partial charge in [-0.2, -0.15) is 0 Å². The number of pyridine rings is 1.